The highest BCUT2D eigenvalue weighted by molar-refractivity contribution is 5.91. The van der Waals surface area contributed by atoms with Crippen LogP contribution >= 0.6 is 0 Å². The number of carbonyl (C=O) groups excluding carboxylic acids is 1. The Morgan fingerprint density at radius 2 is 2.10 bits per heavy atom. The van der Waals surface area contributed by atoms with Crippen molar-refractivity contribution < 1.29 is 18.3 Å². The van der Waals surface area contributed by atoms with E-state index in [4.69, 9.17) is 10.5 Å². The van der Waals surface area contributed by atoms with Crippen LogP contribution in [-0.4, -0.2) is 11.0 Å². The zero-order valence-corrected chi connectivity index (χ0v) is 10.7. The van der Waals surface area contributed by atoms with Gasteiger partial charge in [0.15, 0.2) is 0 Å². The molecular formula is C14H12F2N2O2. The van der Waals surface area contributed by atoms with E-state index in [-0.39, 0.29) is 17.7 Å². The first-order valence-corrected chi connectivity index (χ1v) is 5.80. The Balaban J connectivity index is 2.12. The molecule has 0 saturated carbocycles. The van der Waals surface area contributed by atoms with E-state index in [0.29, 0.717) is 11.4 Å². The van der Waals surface area contributed by atoms with Crippen molar-refractivity contribution in [1.82, 2.24) is 4.98 Å². The number of nitrogen functional groups attached to an aromatic ring is 1. The fourth-order valence-electron chi connectivity index (χ4n) is 1.63. The largest absolute Gasteiger partial charge is 0.457 e. The Morgan fingerprint density at radius 1 is 1.35 bits per heavy atom. The number of ether oxygens (including phenoxy) is 1. The molecule has 20 heavy (non-hydrogen) atoms. The highest BCUT2D eigenvalue weighted by Gasteiger charge is 2.13. The predicted molar refractivity (Wildman–Crippen MR) is 68.9 cm³/mol. The molecule has 0 spiro atoms. The van der Waals surface area contributed by atoms with E-state index in [9.17, 15) is 13.6 Å². The summed E-state index contributed by atoms with van der Waals surface area (Å²) in [5.41, 5.74) is 6.47. The van der Waals surface area contributed by atoms with Crippen LogP contribution in [0.4, 0.5) is 14.5 Å². The van der Waals surface area contributed by atoms with Crippen molar-refractivity contribution in [2.24, 2.45) is 0 Å². The highest BCUT2D eigenvalue weighted by atomic mass is 19.1. The summed E-state index contributed by atoms with van der Waals surface area (Å²) in [5, 5.41) is 0. The summed E-state index contributed by atoms with van der Waals surface area (Å²) in [5.74, 6) is -1.92. The SMILES string of the molecule is Cc1ncc(N)cc1C(=O)OCc1cc(F)ccc1F. The topological polar surface area (TPSA) is 65.2 Å². The lowest BCUT2D eigenvalue weighted by Gasteiger charge is -2.08. The summed E-state index contributed by atoms with van der Waals surface area (Å²) >= 11 is 0. The summed E-state index contributed by atoms with van der Waals surface area (Å²) in [4.78, 5) is 15.8. The lowest BCUT2D eigenvalue weighted by atomic mass is 10.2. The molecule has 0 aliphatic rings. The smallest absolute Gasteiger partial charge is 0.340 e. The number of pyridine rings is 1. The van der Waals surface area contributed by atoms with Crippen molar-refractivity contribution in [1.29, 1.82) is 0 Å². The predicted octanol–water partition coefficient (Wildman–Crippen LogP) is 2.61. The highest BCUT2D eigenvalue weighted by Crippen LogP contribution is 2.14. The molecule has 2 N–H and O–H groups in total. The van der Waals surface area contributed by atoms with Gasteiger partial charge < -0.3 is 10.5 Å². The van der Waals surface area contributed by atoms with Gasteiger partial charge in [-0.25, -0.2) is 13.6 Å². The summed E-state index contributed by atoms with van der Waals surface area (Å²) in [6, 6.07) is 4.37. The third-order valence-corrected chi connectivity index (χ3v) is 2.69. The minimum Gasteiger partial charge on any atom is -0.457 e. The monoisotopic (exact) mass is 278 g/mol. The molecule has 0 fully saturated rings. The maximum atomic E-state index is 13.4. The second kappa shape index (κ2) is 5.64. The molecule has 0 amide bonds. The number of hydrogen-bond acceptors (Lipinski definition) is 4. The summed E-state index contributed by atoms with van der Waals surface area (Å²) in [6.45, 7) is 1.26. The van der Waals surface area contributed by atoms with Gasteiger partial charge in [-0.15, -0.1) is 0 Å². The molecule has 104 valence electrons. The van der Waals surface area contributed by atoms with Crippen molar-refractivity contribution >= 4 is 11.7 Å². The molecule has 0 radical (unpaired) electrons. The van der Waals surface area contributed by atoms with Crippen LogP contribution in [0.15, 0.2) is 30.5 Å². The lowest BCUT2D eigenvalue weighted by molar-refractivity contribution is 0.0467. The fourth-order valence-corrected chi connectivity index (χ4v) is 1.63. The van der Waals surface area contributed by atoms with Gasteiger partial charge in [-0.05, 0) is 31.2 Å². The van der Waals surface area contributed by atoms with Gasteiger partial charge in [0.2, 0.25) is 0 Å². The van der Waals surface area contributed by atoms with E-state index in [0.717, 1.165) is 18.2 Å². The molecule has 1 aromatic carbocycles. The average Bonchev–Trinajstić information content (AvgIpc) is 2.42. The summed E-state index contributed by atoms with van der Waals surface area (Å²) in [6.07, 6.45) is 1.42. The Morgan fingerprint density at radius 3 is 2.85 bits per heavy atom. The molecule has 2 aromatic rings. The van der Waals surface area contributed by atoms with E-state index < -0.39 is 17.6 Å². The quantitative estimate of drug-likeness (QED) is 0.876. The minimum atomic E-state index is -0.689. The van der Waals surface area contributed by atoms with Gasteiger partial charge >= 0.3 is 5.97 Å². The van der Waals surface area contributed by atoms with Crippen LogP contribution in [0.5, 0.6) is 0 Å². The molecule has 0 aliphatic heterocycles. The molecule has 6 heteroatoms. The zero-order valence-electron chi connectivity index (χ0n) is 10.7. The average molecular weight is 278 g/mol. The number of nitrogens with zero attached hydrogens (tertiary/aromatic N) is 1. The fraction of sp³-hybridized carbons (Fsp3) is 0.143. The third-order valence-electron chi connectivity index (χ3n) is 2.69. The van der Waals surface area contributed by atoms with Gasteiger partial charge in [0.25, 0.3) is 0 Å². The number of anilines is 1. The van der Waals surface area contributed by atoms with Crippen LogP contribution in [0.25, 0.3) is 0 Å². The zero-order chi connectivity index (χ0) is 14.7. The molecule has 1 heterocycles. The Kier molecular flexibility index (Phi) is 3.93. The second-order valence-electron chi connectivity index (χ2n) is 4.21. The number of rotatable bonds is 3. The van der Waals surface area contributed by atoms with Gasteiger partial charge in [0.1, 0.15) is 18.2 Å². The number of halogens is 2. The number of aryl methyl sites for hydroxylation is 1. The van der Waals surface area contributed by atoms with E-state index >= 15 is 0 Å². The molecule has 0 unspecified atom stereocenters. The van der Waals surface area contributed by atoms with E-state index in [1.165, 1.54) is 12.3 Å². The second-order valence-corrected chi connectivity index (χ2v) is 4.21. The van der Waals surface area contributed by atoms with Crippen LogP contribution in [-0.2, 0) is 11.3 Å². The van der Waals surface area contributed by atoms with Crippen molar-refractivity contribution in [3.63, 3.8) is 0 Å². The Bertz CT molecular complexity index is 660. The molecule has 4 nitrogen and oxygen atoms in total. The van der Waals surface area contributed by atoms with E-state index in [2.05, 4.69) is 4.98 Å². The number of hydrogen-bond donors (Lipinski definition) is 1. The molecule has 0 atom stereocenters. The molecule has 0 bridgehead atoms. The maximum Gasteiger partial charge on any atom is 0.340 e. The van der Waals surface area contributed by atoms with Crippen molar-refractivity contribution in [2.45, 2.75) is 13.5 Å². The van der Waals surface area contributed by atoms with Crippen LogP contribution < -0.4 is 5.73 Å². The van der Waals surface area contributed by atoms with Crippen molar-refractivity contribution in [3.8, 4) is 0 Å². The number of aromatic nitrogens is 1. The van der Waals surface area contributed by atoms with Crippen LogP contribution in [0.1, 0.15) is 21.6 Å². The van der Waals surface area contributed by atoms with Gasteiger partial charge in [-0.2, -0.15) is 0 Å². The van der Waals surface area contributed by atoms with Crippen LogP contribution in [0.2, 0.25) is 0 Å². The standard InChI is InChI=1S/C14H12F2N2O2/c1-8-12(5-11(17)6-18-8)14(19)20-7-9-4-10(15)2-3-13(9)16/h2-6H,7,17H2,1H3. The lowest BCUT2D eigenvalue weighted by Crippen LogP contribution is -2.09. The summed E-state index contributed by atoms with van der Waals surface area (Å²) < 4.78 is 31.3. The molecule has 0 aliphatic carbocycles. The first-order chi connectivity index (χ1) is 9.47. The van der Waals surface area contributed by atoms with Crippen molar-refractivity contribution in [2.75, 3.05) is 5.73 Å². The minimum absolute atomic E-state index is 0.0344. The first-order valence-electron chi connectivity index (χ1n) is 5.80. The first kappa shape index (κ1) is 13.9. The van der Waals surface area contributed by atoms with E-state index in [1.807, 2.05) is 0 Å². The van der Waals surface area contributed by atoms with Crippen molar-refractivity contribution in [3.05, 3.63) is 58.9 Å². The number of carbonyl (C=O) groups is 1. The van der Waals surface area contributed by atoms with E-state index in [1.54, 1.807) is 6.92 Å². The molecular weight excluding hydrogens is 266 g/mol. The number of benzene rings is 1. The normalized spacial score (nSPS) is 10.3. The molecule has 1 aromatic heterocycles. The van der Waals surface area contributed by atoms with Crippen LogP contribution in [0.3, 0.4) is 0 Å². The van der Waals surface area contributed by atoms with Gasteiger partial charge in [0.05, 0.1) is 23.1 Å². The van der Waals surface area contributed by atoms with Gasteiger partial charge in [0, 0.05) is 5.56 Å². The number of nitrogens with two attached hydrogens (primary N) is 1. The molecule has 2 rings (SSSR count). The number of esters is 1. The van der Waals surface area contributed by atoms with Crippen LogP contribution in [0, 0.1) is 18.6 Å². The third kappa shape index (κ3) is 3.09. The maximum absolute atomic E-state index is 13.4. The summed E-state index contributed by atoms with van der Waals surface area (Å²) in [7, 11) is 0. The van der Waals surface area contributed by atoms with Gasteiger partial charge in [-0.3, -0.25) is 4.98 Å². The van der Waals surface area contributed by atoms with Gasteiger partial charge in [-0.1, -0.05) is 0 Å². The Labute approximate surface area is 114 Å². The Hall–Kier alpha value is -2.50. The molecule has 0 saturated heterocycles.